The van der Waals surface area contributed by atoms with Crippen molar-refractivity contribution in [3.05, 3.63) is 60.2 Å². The second kappa shape index (κ2) is 7.57. The van der Waals surface area contributed by atoms with Gasteiger partial charge in [0.25, 0.3) is 5.91 Å². The number of fused-ring (bicyclic) bond motifs is 1. The van der Waals surface area contributed by atoms with Crippen molar-refractivity contribution in [3.63, 3.8) is 0 Å². The van der Waals surface area contributed by atoms with E-state index < -0.39 is 0 Å². The van der Waals surface area contributed by atoms with Crippen molar-refractivity contribution in [3.8, 4) is 0 Å². The molecule has 0 unspecified atom stereocenters. The molecule has 3 aromatic rings. The average Bonchev–Trinajstić information content (AvgIpc) is 3.35. The summed E-state index contributed by atoms with van der Waals surface area (Å²) in [6.45, 7) is 2.13. The van der Waals surface area contributed by atoms with Crippen molar-refractivity contribution in [2.45, 2.75) is 25.9 Å². The summed E-state index contributed by atoms with van der Waals surface area (Å²) in [5.41, 5.74) is 2.26. The molecule has 2 amide bonds. The number of nitrogens with one attached hydrogen (secondary N) is 1. The maximum Gasteiger partial charge on any atom is 0.251 e. The molecule has 0 atom stereocenters. The summed E-state index contributed by atoms with van der Waals surface area (Å²) in [6.07, 6.45) is 5.29. The number of para-hydroxylation sites is 2. The summed E-state index contributed by atoms with van der Waals surface area (Å²) >= 11 is 0. The van der Waals surface area contributed by atoms with Crippen molar-refractivity contribution in [1.29, 1.82) is 0 Å². The van der Waals surface area contributed by atoms with E-state index in [0.717, 1.165) is 37.0 Å². The molecule has 0 saturated carbocycles. The summed E-state index contributed by atoms with van der Waals surface area (Å²) in [4.78, 5) is 35.4. The highest BCUT2D eigenvalue weighted by atomic mass is 16.2. The van der Waals surface area contributed by atoms with Crippen LogP contribution in [0.5, 0.6) is 0 Å². The Morgan fingerprint density at radius 2 is 1.78 bits per heavy atom. The average molecular weight is 363 g/mol. The molecule has 0 bridgehead atoms. The minimum absolute atomic E-state index is 0.0948. The number of likely N-dealkylation sites (tertiary alicyclic amines) is 1. The number of pyridine rings is 1. The van der Waals surface area contributed by atoms with Crippen molar-refractivity contribution in [1.82, 2.24) is 24.8 Å². The largest absolute Gasteiger partial charge is 0.345 e. The summed E-state index contributed by atoms with van der Waals surface area (Å²) in [5.74, 6) is 0.574. The van der Waals surface area contributed by atoms with Gasteiger partial charge in [-0.3, -0.25) is 14.6 Å². The molecule has 27 heavy (non-hydrogen) atoms. The van der Waals surface area contributed by atoms with E-state index in [9.17, 15) is 9.59 Å². The van der Waals surface area contributed by atoms with Crippen LogP contribution in [0.4, 0.5) is 0 Å². The molecule has 1 fully saturated rings. The molecule has 3 heterocycles. The zero-order valence-corrected chi connectivity index (χ0v) is 15.0. The van der Waals surface area contributed by atoms with Gasteiger partial charge >= 0.3 is 0 Å². The van der Waals surface area contributed by atoms with Crippen LogP contribution >= 0.6 is 0 Å². The standard InChI is InChI=1S/C20H21N5O2/c26-19(24-11-3-4-12-24)14-25-17-6-2-1-5-16(17)23-18(25)13-22-20(27)15-7-9-21-10-8-15/h1-2,5-10H,3-4,11-14H2,(H,22,27). The molecule has 1 N–H and O–H groups in total. The molecule has 0 aliphatic carbocycles. The van der Waals surface area contributed by atoms with Gasteiger partial charge < -0.3 is 14.8 Å². The van der Waals surface area contributed by atoms with Crippen molar-refractivity contribution >= 4 is 22.8 Å². The topological polar surface area (TPSA) is 80.1 Å². The van der Waals surface area contributed by atoms with Gasteiger partial charge in [-0.2, -0.15) is 0 Å². The van der Waals surface area contributed by atoms with Gasteiger partial charge in [0, 0.05) is 31.0 Å². The van der Waals surface area contributed by atoms with E-state index in [1.54, 1.807) is 24.5 Å². The smallest absolute Gasteiger partial charge is 0.251 e. The van der Waals surface area contributed by atoms with Crippen LogP contribution in [0, 0.1) is 0 Å². The highest BCUT2D eigenvalue weighted by Gasteiger charge is 2.21. The molecule has 0 spiro atoms. The Hall–Kier alpha value is -3.22. The second-order valence-electron chi connectivity index (χ2n) is 6.61. The number of carbonyl (C=O) groups is 2. The third-order valence-corrected chi connectivity index (χ3v) is 4.84. The predicted octanol–water partition coefficient (Wildman–Crippen LogP) is 1.98. The lowest BCUT2D eigenvalue weighted by molar-refractivity contribution is -0.130. The third kappa shape index (κ3) is 3.67. The minimum atomic E-state index is -0.193. The van der Waals surface area contributed by atoms with Crippen molar-refractivity contribution in [2.24, 2.45) is 0 Å². The number of hydrogen-bond acceptors (Lipinski definition) is 4. The molecular weight excluding hydrogens is 342 g/mol. The Kier molecular flexibility index (Phi) is 4.82. The molecule has 7 nitrogen and oxygen atoms in total. The van der Waals surface area contributed by atoms with Gasteiger partial charge in [0.05, 0.1) is 17.6 Å². The second-order valence-corrected chi connectivity index (χ2v) is 6.61. The summed E-state index contributed by atoms with van der Waals surface area (Å²) in [5, 5.41) is 2.88. The molecule has 1 saturated heterocycles. The highest BCUT2D eigenvalue weighted by molar-refractivity contribution is 5.94. The molecule has 138 valence electrons. The first-order valence-corrected chi connectivity index (χ1v) is 9.12. The summed E-state index contributed by atoms with van der Waals surface area (Å²) < 4.78 is 1.91. The Labute approximate surface area is 157 Å². The van der Waals surface area contributed by atoms with E-state index in [0.29, 0.717) is 11.4 Å². The molecule has 0 radical (unpaired) electrons. The van der Waals surface area contributed by atoms with E-state index in [-0.39, 0.29) is 24.9 Å². The van der Waals surface area contributed by atoms with Gasteiger partial charge in [-0.05, 0) is 37.1 Å². The molecule has 2 aromatic heterocycles. The lowest BCUT2D eigenvalue weighted by Crippen LogP contribution is -2.32. The Balaban J connectivity index is 1.56. The molecule has 1 aliphatic rings. The monoisotopic (exact) mass is 363 g/mol. The van der Waals surface area contributed by atoms with Gasteiger partial charge in [0.1, 0.15) is 12.4 Å². The van der Waals surface area contributed by atoms with Crippen LogP contribution in [-0.2, 0) is 17.9 Å². The summed E-state index contributed by atoms with van der Waals surface area (Å²) in [7, 11) is 0. The Bertz CT molecular complexity index is 961. The fraction of sp³-hybridized carbons (Fsp3) is 0.300. The van der Waals surface area contributed by atoms with E-state index in [1.165, 1.54) is 0 Å². The van der Waals surface area contributed by atoms with Crippen LogP contribution in [0.3, 0.4) is 0 Å². The quantitative estimate of drug-likeness (QED) is 0.752. The fourth-order valence-corrected chi connectivity index (χ4v) is 3.40. The maximum absolute atomic E-state index is 12.7. The molecular formula is C20H21N5O2. The molecule has 1 aliphatic heterocycles. The van der Waals surface area contributed by atoms with Crippen molar-refractivity contribution in [2.75, 3.05) is 13.1 Å². The normalized spacial score (nSPS) is 13.9. The van der Waals surface area contributed by atoms with Crippen LogP contribution in [0.15, 0.2) is 48.8 Å². The van der Waals surface area contributed by atoms with Gasteiger partial charge in [-0.15, -0.1) is 0 Å². The van der Waals surface area contributed by atoms with Crippen LogP contribution in [0.25, 0.3) is 11.0 Å². The van der Waals surface area contributed by atoms with Crippen LogP contribution in [0.1, 0.15) is 29.0 Å². The number of rotatable bonds is 5. The maximum atomic E-state index is 12.7. The van der Waals surface area contributed by atoms with E-state index >= 15 is 0 Å². The van der Waals surface area contributed by atoms with Crippen LogP contribution < -0.4 is 5.32 Å². The van der Waals surface area contributed by atoms with E-state index in [4.69, 9.17) is 0 Å². The first-order chi connectivity index (χ1) is 13.2. The lowest BCUT2D eigenvalue weighted by atomic mass is 10.2. The third-order valence-electron chi connectivity index (χ3n) is 4.84. The number of benzene rings is 1. The lowest BCUT2D eigenvalue weighted by Gasteiger charge is -2.17. The zero-order chi connectivity index (χ0) is 18.6. The van der Waals surface area contributed by atoms with Crippen LogP contribution in [0.2, 0.25) is 0 Å². The zero-order valence-electron chi connectivity index (χ0n) is 15.0. The van der Waals surface area contributed by atoms with E-state index in [2.05, 4.69) is 15.3 Å². The SMILES string of the molecule is O=C(NCc1nc2ccccc2n1CC(=O)N1CCCC1)c1ccncc1. The van der Waals surface area contributed by atoms with Crippen molar-refractivity contribution < 1.29 is 9.59 Å². The highest BCUT2D eigenvalue weighted by Crippen LogP contribution is 2.17. The molecule has 1 aromatic carbocycles. The first kappa shape index (κ1) is 17.2. The van der Waals surface area contributed by atoms with Gasteiger partial charge in [0.15, 0.2) is 0 Å². The Morgan fingerprint density at radius 3 is 2.56 bits per heavy atom. The first-order valence-electron chi connectivity index (χ1n) is 9.12. The summed E-state index contributed by atoms with van der Waals surface area (Å²) in [6, 6.07) is 11.0. The van der Waals surface area contributed by atoms with E-state index in [1.807, 2.05) is 33.7 Å². The molecule has 4 rings (SSSR count). The number of hydrogen-bond donors (Lipinski definition) is 1. The molecule has 7 heteroatoms. The van der Waals surface area contributed by atoms with Crippen LogP contribution in [-0.4, -0.2) is 44.3 Å². The number of aromatic nitrogens is 3. The number of amides is 2. The predicted molar refractivity (Wildman–Crippen MR) is 101 cm³/mol. The van der Waals surface area contributed by atoms with Gasteiger partial charge in [0.2, 0.25) is 5.91 Å². The number of nitrogens with zero attached hydrogens (tertiary/aromatic N) is 4. The Morgan fingerprint density at radius 1 is 1.04 bits per heavy atom. The van der Waals surface area contributed by atoms with Gasteiger partial charge in [-0.25, -0.2) is 4.98 Å². The number of imidazole rings is 1. The number of carbonyl (C=O) groups excluding carboxylic acids is 2. The minimum Gasteiger partial charge on any atom is -0.345 e. The fourth-order valence-electron chi connectivity index (χ4n) is 3.40. The van der Waals surface area contributed by atoms with Gasteiger partial charge in [-0.1, -0.05) is 12.1 Å².